The number of carbonyl (C=O) groups is 2. The smallest absolute Gasteiger partial charge is 0.326 e. The molecule has 1 aromatic carbocycles. The summed E-state index contributed by atoms with van der Waals surface area (Å²) in [5.74, 6) is -0.362. The Morgan fingerprint density at radius 1 is 1.23 bits per heavy atom. The van der Waals surface area contributed by atoms with Crippen molar-refractivity contribution >= 4 is 11.9 Å². The number of carboxylic acid groups (broad SMARTS) is 1. The molecule has 1 amide bonds. The van der Waals surface area contributed by atoms with Gasteiger partial charge in [0.15, 0.2) is 6.10 Å². The van der Waals surface area contributed by atoms with Crippen LogP contribution >= 0.6 is 0 Å². The number of likely N-dealkylation sites (tertiary alicyclic amines) is 1. The number of amides is 1. The molecule has 0 aromatic heterocycles. The lowest BCUT2D eigenvalue weighted by atomic mass is 9.99. The Bertz CT molecular complexity index is 594. The average Bonchev–Trinajstić information content (AvgIpc) is 2.89. The van der Waals surface area contributed by atoms with Gasteiger partial charge in [-0.2, -0.15) is 0 Å². The molecule has 118 valence electrons. The highest BCUT2D eigenvalue weighted by Gasteiger charge is 2.38. The minimum atomic E-state index is -0.921. The Kier molecular flexibility index (Phi) is 3.81. The lowest BCUT2D eigenvalue weighted by molar-refractivity contribution is -0.155. The van der Waals surface area contributed by atoms with Gasteiger partial charge in [0.2, 0.25) is 0 Å². The second-order valence-corrected chi connectivity index (χ2v) is 6.24. The highest BCUT2D eigenvalue weighted by molar-refractivity contribution is 5.87. The second-order valence-electron chi connectivity index (χ2n) is 6.24. The molecule has 2 aliphatic rings. The van der Waals surface area contributed by atoms with Crippen molar-refractivity contribution in [3.05, 3.63) is 28.8 Å². The van der Waals surface area contributed by atoms with Crippen LogP contribution in [0.2, 0.25) is 0 Å². The van der Waals surface area contributed by atoms with E-state index in [0.29, 0.717) is 19.4 Å². The van der Waals surface area contributed by atoms with Gasteiger partial charge < -0.3 is 14.7 Å². The molecule has 0 spiro atoms. The largest absolute Gasteiger partial charge is 0.480 e. The van der Waals surface area contributed by atoms with Gasteiger partial charge >= 0.3 is 5.97 Å². The summed E-state index contributed by atoms with van der Waals surface area (Å²) in [4.78, 5) is 25.5. The van der Waals surface area contributed by atoms with Crippen LogP contribution in [0.4, 0.5) is 0 Å². The van der Waals surface area contributed by atoms with Crippen LogP contribution in [0.25, 0.3) is 0 Å². The number of ether oxygens (including phenoxy) is 1. The van der Waals surface area contributed by atoms with Crippen molar-refractivity contribution in [3.63, 3.8) is 0 Å². The summed E-state index contributed by atoms with van der Waals surface area (Å²) in [5, 5.41) is 9.31. The highest BCUT2D eigenvalue weighted by atomic mass is 16.5. The molecule has 5 heteroatoms. The van der Waals surface area contributed by atoms with E-state index in [4.69, 9.17) is 4.74 Å². The Morgan fingerprint density at radius 3 is 2.68 bits per heavy atom. The van der Waals surface area contributed by atoms with Crippen LogP contribution in [-0.4, -0.2) is 40.6 Å². The fourth-order valence-corrected chi connectivity index (χ4v) is 3.29. The standard InChI is InChI=1S/C17H21NO4/c1-10-7-12-9-15(22-14(12)8-11(10)2)16(19)18-6-4-3-5-13(18)17(20)21/h7-8,13,15H,3-6,9H2,1-2H3,(H,20,21). The number of aliphatic carboxylic acids is 1. The fourth-order valence-electron chi connectivity index (χ4n) is 3.29. The van der Waals surface area contributed by atoms with Crippen molar-refractivity contribution < 1.29 is 19.4 Å². The molecular weight excluding hydrogens is 282 g/mol. The number of carbonyl (C=O) groups excluding carboxylic acids is 1. The Labute approximate surface area is 129 Å². The van der Waals surface area contributed by atoms with Crippen molar-refractivity contribution in [2.24, 2.45) is 0 Å². The molecule has 3 rings (SSSR count). The first-order chi connectivity index (χ1) is 10.5. The molecule has 1 N–H and O–H groups in total. The summed E-state index contributed by atoms with van der Waals surface area (Å²) in [6.45, 7) is 4.55. The molecule has 1 fully saturated rings. The molecule has 0 saturated carbocycles. The normalized spacial score (nSPS) is 23.8. The third kappa shape index (κ3) is 2.56. The van der Waals surface area contributed by atoms with Gasteiger partial charge in [-0.25, -0.2) is 4.79 Å². The first-order valence-electron chi connectivity index (χ1n) is 7.77. The van der Waals surface area contributed by atoms with Gasteiger partial charge in [0, 0.05) is 13.0 Å². The summed E-state index contributed by atoms with van der Waals surface area (Å²) in [7, 11) is 0. The van der Waals surface area contributed by atoms with Gasteiger partial charge in [0.1, 0.15) is 11.8 Å². The average molecular weight is 303 g/mol. The van der Waals surface area contributed by atoms with Gasteiger partial charge in [-0.1, -0.05) is 6.07 Å². The first-order valence-corrected chi connectivity index (χ1v) is 7.77. The fraction of sp³-hybridized carbons (Fsp3) is 0.529. The van der Waals surface area contributed by atoms with E-state index in [2.05, 4.69) is 6.07 Å². The maximum absolute atomic E-state index is 12.7. The molecule has 22 heavy (non-hydrogen) atoms. The van der Waals surface area contributed by atoms with Crippen LogP contribution in [0, 0.1) is 13.8 Å². The number of fused-ring (bicyclic) bond motifs is 1. The van der Waals surface area contributed by atoms with E-state index in [-0.39, 0.29) is 5.91 Å². The van der Waals surface area contributed by atoms with Crippen LogP contribution in [-0.2, 0) is 16.0 Å². The first kappa shape index (κ1) is 14.9. The van der Waals surface area contributed by atoms with Crippen molar-refractivity contribution in [2.45, 2.75) is 51.7 Å². The van der Waals surface area contributed by atoms with Crippen LogP contribution in [0.5, 0.6) is 5.75 Å². The summed E-state index contributed by atoms with van der Waals surface area (Å²) < 4.78 is 5.80. The van der Waals surface area contributed by atoms with E-state index in [1.54, 1.807) is 0 Å². The molecule has 0 radical (unpaired) electrons. The number of hydrogen-bond donors (Lipinski definition) is 1. The van der Waals surface area contributed by atoms with Gasteiger partial charge in [-0.15, -0.1) is 0 Å². The zero-order valence-electron chi connectivity index (χ0n) is 13.0. The quantitative estimate of drug-likeness (QED) is 0.908. The third-order valence-corrected chi connectivity index (χ3v) is 4.70. The third-order valence-electron chi connectivity index (χ3n) is 4.70. The number of aryl methyl sites for hydroxylation is 2. The minimum Gasteiger partial charge on any atom is -0.480 e. The van der Waals surface area contributed by atoms with E-state index < -0.39 is 18.1 Å². The minimum absolute atomic E-state index is 0.196. The van der Waals surface area contributed by atoms with Crippen LogP contribution in [0.15, 0.2) is 12.1 Å². The molecule has 1 saturated heterocycles. The predicted octanol–water partition coefficient (Wildman–Crippen LogP) is 2.07. The van der Waals surface area contributed by atoms with E-state index in [1.165, 1.54) is 10.5 Å². The Hall–Kier alpha value is -2.04. The second kappa shape index (κ2) is 5.63. The van der Waals surface area contributed by atoms with E-state index in [9.17, 15) is 14.7 Å². The molecular formula is C17H21NO4. The zero-order chi connectivity index (χ0) is 15.9. The summed E-state index contributed by atoms with van der Waals surface area (Å²) in [6, 6.07) is 3.31. The monoisotopic (exact) mass is 303 g/mol. The van der Waals surface area contributed by atoms with Gasteiger partial charge in [0.05, 0.1) is 0 Å². The van der Waals surface area contributed by atoms with Crippen molar-refractivity contribution in [3.8, 4) is 5.75 Å². The van der Waals surface area contributed by atoms with E-state index in [0.717, 1.165) is 29.7 Å². The summed E-state index contributed by atoms with van der Waals surface area (Å²) >= 11 is 0. The molecule has 0 aliphatic carbocycles. The van der Waals surface area contributed by atoms with Gasteiger partial charge in [-0.05, 0) is 55.9 Å². The SMILES string of the molecule is Cc1cc2c(cc1C)OC(C(=O)N1CCCCC1C(=O)O)C2. The maximum atomic E-state index is 12.7. The number of hydrogen-bond acceptors (Lipinski definition) is 3. The topological polar surface area (TPSA) is 66.8 Å². The molecule has 2 aliphatic heterocycles. The number of nitrogens with zero attached hydrogens (tertiary/aromatic N) is 1. The van der Waals surface area contributed by atoms with Crippen molar-refractivity contribution in [1.29, 1.82) is 0 Å². The molecule has 2 atom stereocenters. The number of benzene rings is 1. The molecule has 5 nitrogen and oxygen atoms in total. The summed E-state index contributed by atoms with van der Waals surface area (Å²) in [5.41, 5.74) is 3.34. The lowest BCUT2D eigenvalue weighted by Crippen LogP contribution is -2.52. The number of piperidine rings is 1. The number of carboxylic acids is 1. The van der Waals surface area contributed by atoms with E-state index >= 15 is 0 Å². The highest BCUT2D eigenvalue weighted by Crippen LogP contribution is 2.33. The molecule has 0 bridgehead atoms. The molecule has 2 unspecified atom stereocenters. The maximum Gasteiger partial charge on any atom is 0.326 e. The number of rotatable bonds is 2. The van der Waals surface area contributed by atoms with E-state index in [1.807, 2.05) is 19.9 Å². The van der Waals surface area contributed by atoms with Gasteiger partial charge in [-0.3, -0.25) is 4.79 Å². The lowest BCUT2D eigenvalue weighted by Gasteiger charge is -2.34. The van der Waals surface area contributed by atoms with Crippen LogP contribution in [0.3, 0.4) is 0 Å². The van der Waals surface area contributed by atoms with Crippen molar-refractivity contribution in [1.82, 2.24) is 4.90 Å². The molecule has 1 aromatic rings. The zero-order valence-corrected chi connectivity index (χ0v) is 13.0. The summed E-state index contributed by atoms with van der Waals surface area (Å²) in [6.07, 6.45) is 2.17. The Balaban J connectivity index is 1.78. The molecule has 2 heterocycles. The van der Waals surface area contributed by atoms with Crippen LogP contribution in [0.1, 0.15) is 36.0 Å². The predicted molar refractivity (Wildman–Crippen MR) is 81.0 cm³/mol. The van der Waals surface area contributed by atoms with Crippen LogP contribution < -0.4 is 4.74 Å². The Morgan fingerprint density at radius 2 is 1.95 bits per heavy atom. The van der Waals surface area contributed by atoms with Crippen molar-refractivity contribution in [2.75, 3.05) is 6.54 Å². The van der Waals surface area contributed by atoms with Gasteiger partial charge in [0.25, 0.3) is 5.91 Å².